The van der Waals surface area contributed by atoms with Crippen molar-refractivity contribution in [3.8, 4) is 11.8 Å². The van der Waals surface area contributed by atoms with Gasteiger partial charge in [-0.1, -0.05) is 11.6 Å². The third kappa shape index (κ3) is 7.15. The fourth-order valence-corrected chi connectivity index (χ4v) is 0.816. The van der Waals surface area contributed by atoms with Crippen LogP contribution in [0.2, 0.25) is 0 Å². The number of hydrogen-bond acceptors (Lipinski definition) is 1. The maximum atomic E-state index is 5.36. The predicted molar refractivity (Wildman–Crippen MR) is 50.1 cm³/mol. The van der Waals surface area contributed by atoms with Crippen molar-refractivity contribution in [2.75, 3.05) is 6.54 Å². The molecule has 0 aliphatic carbocycles. The summed E-state index contributed by atoms with van der Waals surface area (Å²) in [6, 6.07) is 0. The fourth-order valence-electron chi connectivity index (χ4n) is 0.816. The molecular formula is C10H17N. The van der Waals surface area contributed by atoms with Gasteiger partial charge in [0.2, 0.25) is 0 Å². The van der Waals surface area contributed by atoms with Gasteiger partial charge in [0, 0.05) is 6.42 Å². The minimum absolute atomic E-state index is 0.747. The lowest BCUT2D eigenvalue weighted by molar-refractivity contribution is 0.946. The van der Waals surface area contributed by atoms with Crippen LogP contribution in [0.3, 0.4) is 0 Å². The maximum absolute atomic E-state index is 5.36. The molecule has 0 heterocycles. The number of rotatable bonds is 4. The van der Waals surface area contributed by atoms with Gasteiger partial charge in [0.25, 0.3) is 0 Å². The summed E-state index contributed by atoms with van der Waals surface area (Å²) in [5.74, 6) is 5.91. The molecule has 1 nitrogen and oxygen atoms in total. The zero-order valence-corrected chi connectivity index (χ0v) is 7.48. The summed E-state index contributed by atoms with van der Waals surface area (Å²) in [5.41, 5.74) is 6.76. The molecule has 62 valence electrons. The third-order valence-electron chi connectivity index (χ3n) is 1.48. The molecule has 0 saturated carbocycles. The van der Waals surface area contributed by atoms with Gasteiger partial charge in [-0.2, -0.15) is 0 Å². The van der Waals surface area contributed by atoms with E-state index in [1.54, 1.807) is 0 Å². The van der Waals surface area contributed by atoms with E-state index in [-0.39, 0.29) is 0 Å². The molecular weight excluding hydrogens is 134 g/mol. The standard InChI is InChI=1S/C10H17N/c1-3-4-5-7-10(2)8-6-9-11/h8H,5-7,9,11H2,1-2H3/b10-8+. The van der Waals surface area contributed by atoms with Crippen molar-refractivity contribution < 1.29 is 0 Å². The van der Waals surface area contributed by atoms with Gasteiger partial charge < -0.3 is 5.73 Å². The van der Waals surface area contributed by atoms with E-state index < -0.39 is 0 Å². The molecule has 0 unspecified atom stereocenters. The Balaban J connectivity index is 3.47. The highest BCUT2D eigenvalue weighted by atomic mass is 14.5. The molecule has 0 rings (SSSR count). The molecule has 0 atom stereocenters. The molecule has 0 aromatic rings. The number of hydrogen-bond donors (Lipinski definition) is 1. The number of nitrogens with two attached hydrogens (primary N) is 1. The first-order valence-corrected chi connectivity index (χ1v) is 4.06. The molecule has 0 aliphatic heterocycles. The Morgan fingerprint density at radius 2 is 2.27 bits per heavy atom. The average molecular weight is 151 g/mol. The SMILES string of the molecule is CC#CCC/C(C)=C/CCN. The van der Waals surface area contributed by atoms with Crippen LogP contribution in [0.25, 0.3) is 0 Å². The van der Waals surface area contributed by atoms with E-state index in [1.165, 1.54) is 5.57 Å². The van der Waals surface area contributed by atoms with Gasteiger partial charge in [0.15, 0.2) is 0 Å². The summed E-state index contributed by atoms with van der Waals surface area (Å²) >= 11 is 0. The molecule has 0 aromatic carbocycles. The van der Waals surface area contributed by atoms with Gasteiger partial charge in [-0.3, -0.25) is 0 Å². The molecule has 2 N–H and O–H groups in total. The second kappa shape index (κ2) is 7.37. The van der Waals surface area contributed by atoms with Crippen LogP contribution in [0.1, 0.15) is 33.1 Å². The lowest BCUT2D eigenvalue weighted by atomic mass is 10.1. The average Bonchev–Trinajstić information content (AvgIpc) is 2.01. The van der Waals surface area contributed by atoms with Crippen molar-refractivity contribution in [1.82, 2.24) is 0 Å². The molecule has 0 aromatic heterocycles. The van der Waals surface area contributed by atoms with E-state index >= 15 is 0 Å². The Labute approximate surface area is 69.7 Å². The van der Waals surface area contributed by atoms with Gasteiger partial charge >= 0.3 is 0 Å². The van der Waals surface area contributed by atoms with E-state index in [1.807, 2.05) is 6.92 Å². The summed E-state index contributed by atoms with van der Waals surface area (Å²) in [6.45, 7) is 4.75. The molecule has 0 fully saturated rings. The fraction of sp³-hybridized carbons (Fsp3) is 0.600. The Hall–Kier alpha value is -0.740. The second-order valence-electron chi connectivity index (χ2n) is 2.55. The largest absolute Gasteiger partial charge is 0.330 e. The minimum Gasteiger partial charge on any atom is -0.330 e. The lowest BCUT2D eigenvalue weighted by Crippen LogP contribution is -1.95. The van der Waals surface area contributed by atoms with Gasteiger partial charge in [0.1, 0.15) is 0 Å². The van der Waals surface area contributed by atoms with E-state index in [2.05, 4.69) is 24.8 Å². The molecule has 0 bridgehead atoms. The zero-order valence-electron chi connectivity index (χ0n) is 7.48. The van der Waals surface area contributed by atoms with Gasteiger partial charge in [-0.25, -0.2) is 0 Å². The van der Waals surface area contributed by atoms with Crippen LogP contribution in [0.4, 0.5) is 0 Å². The van der Waals surface area contributed by atoms with Crippen molar-refractivity contribution in [1.29, 1.82) is 0 Å². The highest BCUT2D eigenvalue weighted by Crippen LogP contribution is 2.03. The van der Waals surface area contributed by atoms with Crippen molar-refractivity contribution in [2.45, 2.75) is 33.1 Å². The summed E-state index contributed by atoms with van der Waals surface area (Å²) in [6.07, 6.45) is 5.24. The van der Waals surface area contributed by atoms with Crippen LogP contribution < -0.4 is 5.73 Å². The van der Waals surface area contributed by atoms with E-state index in [4.69, 9.17) is 5.73 Å². The molecule has 0 amide bonds. The maximum Gasteiger partial charge on any atom is 0.0126 e. The molecule has 0 saturated heterocycles. The van der Waals surface area contributed by atoms with Crippen molar-refractivity contribution >= 4 is 0 Å². The van der Waals surface area contributed by atoms with Gasteiger partial charge in [-0.05, 0) is 33.2 Å². The highest BCUT2D eigenvalue weighted by molar-refractivity contribution is 5.03. The Morgan fingerprint density at radius 3 is 2.82 bits per heavy atom. The predicted octanol–water partition coefficient (Wildman–Crippen LogP) is 2.08. The van der Waals surface area contributed by atoms with Crippen LogP contribution in [0.5, 0.6) is 0 Å². The van der Waals surface area contributed by atoms with Crippen molar-refractivity contribution in [3.63, 3.8) is 0 Å². The van der Waals surface area contributed by atoms with E-state index in [0.29, 0.717) is 0 Å². The molecule has 0 radical (unpaired) electrons. The monoisotopic (exact) mass is 151 g/mol. The van der Waals surface area contributed by atoms with Gasteiger partial charge in [0.05, 0.1) is 0 Å². The minimum atomic E-state index is 0.747. The van der Waals surface area contributed by atoms with E-state index in [0.717, 1.165) is 25.8 Å². The normalized spacial score (nSPS) is 10.6. The van der Waals surface area contributed by atoms with E-state index in [9.17, 15) is 0 Å². The first-order valence-electron chi connectivity index (χ1n) is 4.06. The zero-order chi connectivity index (χ0) is 8.53. The lowest BCUT2D eigenvalue weighted by Gasteiger charge is -1.95. The molecule has 1 heteroatoms. The van der Waals surface area contributed by atoms with Crippen molar-refractivity contribution in [2.24, 2.45) is 5.73 Å². The molecule has 0 spiro atoms. The van der Waals surface area contributed by atoms with Gasteiger partial charge in [-0.15, -0.1) is 11.8 Å². The first kappa shape index (κ1) is 10.3. The topological polar surface area (TPSA) is 26.0 Å². The third-order valence-corrected chi connectivity index (χ3v) is 1.48. The van der Waals surface area contributed by atoms with Crippen LogP contribution >= 0.6 is 0 Å². The Morgan fingerprint density at radius 1 is 1.55 bits per heavy atom. The van der Waals surface area contributed by atoms with Crippen LogP contribution in [0, 0.1) is 11.8 Å². The summed E-state index contributed by atoms with van der Waals surface area (Å²) < 4.78 is 0. The smallest absolute Gasteiger partial charge is 0.0126 e. The quantitative estimate of drug-likeness (QED) is 0.483. The molecule has 0 aliphatic rings. The summed E-state index contributed by atoms with van der Waals surface area (Å²) in [4.78, 5) is 0. The van der Waals surface area contributed by atoms with Crippen molar-refractivity contribution in [3.05, 3.63) is 11.6 Å². The Kier molecular flexibility index (Phi) is 6.87. The summed E-state index contributed by atoms with van der Waals surface area (Å²) in [5, 5.41) is 0. The summed E-state index contributed by atoms with van der Waals surface area (Å²) in [7, 11) is 0. The first-order chi connectivity index (χ1) is 5.31. The Bertz CT molecular complexity index is 169. The molecule has 11 heavy (non-hydrogen) atoms. The highest BCUT2D eigenvalue weighted by Gasteiger charge is 1.86. The second-order valence-corrected chi connectivity index (χ2v) is 2.55. The van der Waals surface area contributed by atoms with Crippen LogP contribution in [-0.4, -0.2) is 6.54 Å². The van der Waals surface area contributed by atoms with Crippen LogP contribution in [0.15, 0.2) is 11.6 Å². The van der Waals surface area contributed by atoms with Crippen LogP contribution in [-0.2, 0) is 0 Å². The number of allylic oxidation sites excluding steroid dienone is 1.